The van der Waals surface area contributed by atoms with Crippen molar-refractivity contribution in [2.75, 3.05) is 18.4 Å². The number of amides is 2. The summed E-state index contributed by atoms with van der Waals surface area (Å²) in [4.78, 5) is 31.1. The van der Waals surface area contributed by atoms with Crippen LogP contribution in [0.15, 0.2) is 53.1 Å². The summed E-state index contributed by atoms with van der Waals surface area (Å²) >= 11 is 0. The highest BCUT2D eigenvalue weighted by Gasteiger charge is 2.28. The van der Waals surface area contributed by atoms with Crippen LogP contribution in [0, 0.1) is 0 Å². The first-order chi connectivity index (χ1) is 15.9. The Kier molecular flexibility index (Phi) is 6.87. The molecule has 33 heavy (non-hydrogen) atoms. The minimum Gasteiger partial charge on any atom is -0.339 e. The van der Waals surface area contributed by atoms with Crippen molar-refractivity contribution in [3.05, 3.63) is 65.5 Å². The van der Waals surface area contributed by atoms with Gasteiger partial charge in [0.1, 0.15) is 0 Å². The molecule has 0 aliphatic carbocycles. The van der Waals surface area contributed by atoms with Crippen LogP contribution in [0.1, 0.15) is 73.7 Å². The molecule has 1 aliphatic heterocycles. The fourth-order valence-electron chi connectivity index (χ4n) is 4.03. The molecule has 1 fully saturated rings. The van der Waals surface area contributed by atoms with Crippen molar-refractivity contribution in [1.82, 2.24) is 15.0 Å². The summed E-state index contributed by atoms with van der Waals surface area (Å²) < 4.78 is 5.56. The second-order valence-corrected chi connectivity index (χ2v) is 8.78. The Balaban J connectivity index is 1.37. The van der Waals surface area contributed by atoms with Crippen LogP contribution < -0.4 is 5.32 Å². The molecule has 3 aromatic rings. The largest absolute Gasteiger partial charge is 0.339 e. The maximum absolute atomic E-state index is 12.9. The van der Waals surface area contributed by atoms with Crippen molar-refractivity contribution >= 4 is 17.5 Å². The van der Waals surface area contributed by atoms with Crippen LogP contribution in [0.4, 0.5) is 5.69 Å². The van der Waals surface area contributed by atoms with Gasteiger partial charge in [-0.25, -0.2) is 0 Å². The van der Waals surface area contributed by atoms with Crippen molar-refractivity contribution in [3.63, 3.8) is 0 Å². The maximum Gasteiger partial charge on any atom is 0.253 e. The molecule has 0 atom stereocenters. The molecular formula is C26H30N4O3. The van der Waals surface area contributed by atoms with Crippen LogP contribution in [0.25, 0.3) is 11.4 Å². The summed E-state index contributed by atoms with van der Waals surface area (Å²) in [5, 5.41) is 6.99. The molecule has 0 unspecified atom stereocenters. The molecule has 172 valence electrons. The summed E-state index contributed by atoms with van der Waals surface area (Å²) in [5.74, 6) is 1.70. The van der Waals surface area contributed by atoms with Crippen molar-refractivity contribution in [2.24, 2.45) is 0 Å². The van der Waals surface area contributed by atoms with Crippen molar-refractivity contribution in [2.45, 2.75) is 51.9 Å². The van der Waals surface area contributed by atoms with Crippen molar-refractivity contribution in [3.8, 4) is 11.4 Å². The molecular weight excluding hydrogens is 416 g/mol. The Labute approximate surface area is 194 Å². The van der Waals surface area contributed by atoms with E-state index in [1.54, 1.807) is 0 Å². The monoisotopic (exact) mass is 446 g/mol. The molecule has 2 heterocycles. The average molecular weight is 447 g/mol. The number of hydrogen-bond acceptors (Lipinski definition) is 5. The van der Waals surface area contributed by atoms with E-state index in [0.717, 1.165) is 24.0 Å². The molecule has 7 heteroatoms. The predicted molar refractivity (Wildman–Crippen MR) is 127 cm³/mol. The normalized spacial score (nSPS) is 14.5. The number of rotatable bonds is 6. The van der Waals surface area contributed by atoms with E-state index in [2.05, 4.69) is 29.3 Å². The fraction of sp³-hybridized carbons (Fsp3) is 0.385. The minimum atomic E-state index is -0.0434. The zero-order valence-corrected chi connectivity index (χ0v) is 19.4. The topological polar surface area (TPSA) is 88.3 Å². The zero-order valence-electron chi connectivity index (χ0n) is 19.4. The number of carbonyl (C=O) groups excluding carboxylic acids is 2. The number of likely N-dealkylation sites (tertiary alicyclic amines) is 1. The van der Waals surface area contributed by atoms with E-state index in [1.807, 2.05) is 60.4 Å². The summed E-state index contributed by atoms with van der Waals surface area (Å²) in [6, 6.07) is 15.3. The molecule has 1 aromatic heterocycles. The fourth-order valence-corrected chi connectivity index (χ4v) is 4.03. The number of nitrogens with one attached hydrogen (secondary N) is 1. The van der Waals surface area contributed by atoms with Crippen LogP contribution in [-0.2, 0) is 4.79 Å². The van der Waals surface area contributed by atoms with Gasteiger partial charge in [0.05, 0.1) is 0 Å². The molecule has 1 N–H and O–H groups in total. The SMILES string of the molecule is CCC(=O)Nc1cccc(-c2noc(C3CCN(C(=O)c4ccc(C(C)C)cc4)CC3)n2)c1. The number of nitrogens with zero attached hydrogens (tertiary/aromatic N) is 3. The Morgan fingerprint density at radius 2 is 1.85 bits per heavy atom. The van der Waals surface area contributed by atoms with E-state index in [1.165, 1.54) is 5.56 Å². The zero-order chi connectivity index (χ0) is 23.4. The molecule has 7 nitrogen and oxygen atoms in total. The Morgan fingerprint density at radius 1 is 1.12 bits per heavy atom. The number of hydrogen-bond donors (Lipinski definition) is 1. The van der Waals surface area contributed by atoms with E-state index in [-0.39, 0.29) is 17.7 Å². The van der Waals surface area contributed by atoms with E-state index < -0.39 is 0 Å². The van der Waals surface area contributed by atoms with Gasteiger partial charge in [0, 0.05) is 42.2 Å². The molecule has 0 bridgehead atoms. The maximum atomic E-state index is 12.9. The molecule has 4 rings (SSSR count). The number of piperidine rings is 1. The second kappa shape index (κ2) is 9.98. The van der Waals surface area contributed by atoms with Gasteiger partial charge in [-0.15, -0.1) is 0 Å². The Hall–Kier alpha value is -3.48. The first-order valence-electron chi connectivity index (χ1n) is 11.6. The smallest absolute Gasteiger partial charge is 0.253 e. The molecule has 1 aliphatic rings. The lowest BCUT2D eigenvalue weighted by Gasteiger charge is -2.30. The third kappa shape index (κ3) is 5.30. The third-order valence-corrected chi connectivity index (χ3v) is 6.12. The Bertz CT molecular complexity index is 1110. The number of benzene rings is 2. The van der Waals surface area contributed by atoms with Crippen molar-refractivity contribution in [1.29, 1.82) is 0 Å². The van der Waals surface area contributed by atoms with Crippen LogP contribution in [0.5, 0.6) is 0 Å². The molecule has 0 saturated carbocycles. The van der Waals surface area contributed by atoms with Gasteiger partial charge in [-0.05, 0) is 48.6 Å². The van der Waals surface area contributed by atoms with E-state index in [9.17, 15) is 9.59 Å². The Morgan fingerprint density at radius 3 is 2.52 bits per heavy atom. The van der Waals surface area contributed by atoms with Crippen LogP contribution >= 0.6 is 0 Å². The molecule has 2 aromatic carbocycles. The molecule has 0 spiro atoms. The van der Waals surface area contributed by atoms with Crippen molar-refractivity contribution < 1.29 is 14.1 Å². The number of aromatic nitrogens is 2. The average Bonchev–Trinajstić information content (AvgIpc) is 3.34. The second-order valence-electron chi connectivity index (χ2n) is 8.78. The molecule has 0 radical (unpaired) electrons. The quantitative estimate of drug-likeness (QED) is 0.560. The van der Waals surface area contributed by atoms with Crippen LogP contribution in [0.2, 0.25) is 0 Å². The lowest BCUT2D eigenvalue weighted by molar-refractivity contribution is -0.115. The minimum absolute atomic E-state index is 0.0434. The number of anilines is 1. The first-order valence-corrected chi connectivity index (χ1v) is 11.6. The summed E-state index contributed by atoms with van der Waals surface area (Å²) in [7, 11) is 0. The third-order valence-electron chi connectivity index (χ3n) is 6.12. The van der Waals surface area contributed by atoms with E-state index >= 15 is 0 Å². The van der Waals surface area contributed by atoms with Gasteiger partial charge in [-0.2, -0.15) is 4.98 Å². The lowest BCUT2D eigenvalue weighted by atomic mass is 9.96. The van der Waals surface area contributed by atoms with Gasteiger partial charge in [0.2, 0.25) is 17.6 Å². The highest BCUT2D eigenvalue weighted by atomic mass is 16.5. The lowest BCUT2D eigenvalue weighted by Crippen LogP contribution is -2.38. The number of carbonyl (C=O) groups is 2. The standard InChI is InChI=1S/C26H30N4O3/c1-4-23(31)27-22-7-5-6-21(16-22)24-28-25(33-29-24)19-12-14-30(15-13-19)26(32)20-10-8-18(9-11-20)17(2)3/h5-11,16-17,19H,4,12-15H2,1-3H3,(H,27,31). The van der Waals surface area contributed by atoms with E-state index in [0.29, 0.717) is 42.8 Å². The summed E-state index contributed by atoms with van der Waals surface area (Å²) in [6.07, 6.45) is 1.98. The van der Waals surface area contributed by atoms with Crippen LogP contribution in [0.3, 0.4) is 0 Å². The predicted octanol–water partition coefficient (Wildman–Crippen LogP) is 5.23. The van der Waals surface area contributed by atoms with Gasteiger partial charge in [-0.3, -0.25) is 9.59 Å². The van der Waals surface area contributed by atoms with Gasteiger partial charge in [-0.1, -0.05) is 50.2 Å². The van der Waals surface area contributed by atoms with Gasteiger partial charge >= 0.3 is 0 Å². The van der Waals surface area contributed by atoms with Crippen LogP contribution in [-0.4, -0.2) is 39.9 Å². The molecule has 1 saturated heterocycles. The van der Waals surface area contributed by atoms with Gasteiger partial charge in [0.15, 0.2) is 0 Å². The highest BCUT2D eigenvalue weighted by Crippen LogP contribution is 2.30. The summed E-state index contributed by atoms with van der Waals surface area (Å²) in [6.45, 7) is 7.42. The highest BCUT2D eigenvalue weighted by molar-refractivity contribution is 5.94. The van der Waals surface area contributed by atoms with Gasteiger partial charge in [0.25, 0.3) is 5.91 Å². The summed E-state index contributed by atoms with van der Waals surface area (Å²) in [5.41, 5.74) is 3.46. The molecule has 2 amide bonds. The van der Waals surface area contributed by atoms with Gasteiger partial charge < -0.3 is 14.7 Å². The van der Waals surface area contributed by atoms with E-state index in [4.69, 9.17) is 4.52 Å². The first kappa shape index (κ1) is 22.7.